The van der Waals surface area contributed by atoms with Gasteiger partial charge >= 0.3 is 0 Å². The lowest BCUT2D eigenvalue weighted by Crippen LogP contribution is -3.11. The molecule has 0 aliphatic heterocycles. The molecule has 0 radical (unpaired) electrons. The molecule has 1 heterocycles. The van der Waals surface area contributed by atoms with E-state index in [1.807, 2.05) is 17.5 Å². The van der Waals surface area contributed by atoms with E-state index in [0.717, 1.165) is 9.78 Å². The van der Waals surface area contributed by atoms with Gasteiger partial charge in [0.2, 0.25) is 0 Å². The number of carbonyl (C=O) groups excluding carboxylic acids is 2. The van der Waals surface area contributed by atoms with Crippen LogP contribution in [-0.2, 0) is 20.9 Å². The molecule has 0 fully saturated rings. The smallest absolute Gasteiger partial charge is 0.279 e. The summed E-state index contributed by atoms with van der Waals surface area (Å²) < 4.78 is 18.0. The number of quaternary nitrogens is 1. The average molecular weight is 394 g/mol. The van der Waals surface area contributed by atoms with Crippen LogP contribution in [0.15, 0.2) is 41.8 Å². The van der Waals surface area contributed by atoms with Crippen LogP contribution in [0.5, 0.6) is 0 Å². The van der Waals surface area contributed by atoms with E-state index in [9.17, 15) is 14.0 Å². The first-order valence-corrected chi connectivity index (χ1v) is 9.51. The molecule has 0 bridgehead atoms. The number of anilines is 1. The van der Waals surface area contributed by atoms with Crippen molar-refractivity contribution in [1.82, 2.24) is 4.90 Å². The molecule has 2 amide bonds. The first-order valence-electron chi connectivity index (χ1n) is 8.63. The third-order valence-electron chi connectivity index (χ3n) is 3.89. The molecule has 2 aromatic rings. The minimum atomic E-state index is -0.358. The number of likely N-dealkylation sites (N-methyl/N-ethyl adjacent to an activating group) is 1. The highest BCUT2D eigenvalue weighted by Gasteiger charge is 2.20. The maximum atomic E-state index is 12.9. The molecule has 2 rings (SSSR count). The molecule has 0 spiro atoms. The molecule has 1 aromatic heterocycles. The van der Waals surface area contributed by atoms with Gasteiger partial charge in [0.15, 0.2) is 13.1 Å². The van der Waals surface area contributed by atoms with E-state index in [0.29, 0.717) is 25.4 Å². The topological polar surface area (TPSA) is 63.1 Å². The number of ether oxygens (including phenoxy) is 1. The summed E-state index contributed by atoms with van der Waals surface area (Å²) >= 11 is 1.60. The van der Waals surface area contributed by atoms with Gasteiger partial charge in [0.25, 0.3) is 11.8 Å². The molecule has 0 saturated heterocycles. The predicted octanol–water partition coefficient (Wildman–Crippen LogP) is 1.02. The Morgan fingerprint density at radius 3 is 2.59 bits per heavy atom. The summed E-state index contributed by atoms with van der Waals surface area (Å²) in [5, 5.41) is 4.68. The molecule has 0 aliphatic rings. The zero-order valence-corrected chi connectivity index (χ0v) is 16.4. The number of amides is 2. The molecule has 8 heteroatoms. The Balaban J connectivity index is 1.85. The van der Waals surface area contributed by atoms with Gasteiger partial charge in [-0.1, -0.05) is 6.07 Å². The van der Waals surface area contributed by atoms with Gasteiger partial charge in [0.1, 0.15) is 5.82 Å². The number of nitrogens with zero attached hydrogens (tertiary/aromatic N) is 1. The number of nitrogens with one attached hydrogen (secondary N) is 2. The van der Waals surface area contributed by atoms with E-state index in [-0.39, 0.29) is 30.7 Å². The van der Waals surface area contributed by atoms with Gasteiger partial charge in [0, 0.05) is 24.2 Å². The van der Waals surface area contributed by atoms with Crippen molar-refractivity contribution in [1.29, 1.82) is 0 Å². The average Bonchev–Trinajstić information content (AvgIpc) is 3.13. The van der Waals surface area contributed by atoms with Crippen molar-refractivity contribution in [2.75, 3.05) is 45.7 Å². The van der Waals surface area contributed by atoms with Gasteiger partial charge in [-0.25, -0.2) is 4.39 Å². The van der Waals surface area contributed by atoms with Crippen molar-refractivity contribution >= 4 is 28.8 Å². The standard InChI is InChI=1S/C19H24FN3O3S/c1-22(13-18(24)21-16-7-5-15(20)6-8-16)14-19(25)23(9-10-26-2)12-17-4-3-11-27-17/h3-8,11H,9-10,12-14H2,1-2H3,(H,21,24)/p+1. The van der Waals surface area contributed by atoms with E-state index in [1.165, 1.54) is 24.3 Å². The molecule has 27 heavy (non-hydrogen) atoms. The summed E-state index contributed by atoms with van der Waals surface area (Å²) in [5.74, 6) is -0.621. The fraction of sp³-hybridized carbons (Fsp3) is 0.368. The van der Waals surface area contributed by atoms with Crippen molar-refractivity contribution in [2.24, 2.45) is 0 Å². The maximum Gasteiger partial charge on any atom is 0.279 e. The van der Waals surface area contributed by atoms with E-state index in [2.05, 4.69) is 5.32 Å². The summed E-state index contributed by atoms with van der Waals surface area (Å²) in [5.41, 5.74) is 0.528. The van der Waals surface area contributed by atoms with Crippen molar-refractivity contribution < 1.29 is 23.6 Å². The fourth-order valence-corrected chi connectivity index (χ4v) is 3.25. The maximum absolute atomic E-state index is 12.9. The zero-order valence-electron chi connectivity index (χ0n) is 15.5. The normalized spacial score (nSPS) is 11.8. The Morgan fingerprint density at radius 2 is 1.96 bits per heavy atom. The summed E-state index contributed by atoms with van der Waals surface area (Å²) in [6.07, 6.45) is 0. The van der Waals surface area contributed by atoms with Crippen LogP contribution in [0, 0.1) is 5.82 Å². The van der Waals surface area contributed by atoms with E-state index < -0.39 is 0 Å². The second-order valence-electron chi connectivity index (χ2n) is 6.25. The van der Waals surface area contributed by atoms with Crippen molar-refractivity contribution in [3.05, 3.63) is 52.5 Å². The number of rotatable bonds is 10. The van der Waals surface area contributed by atoms with Crippen LogP contribution in [0.2, 0.25) is 0 Å². The molecule has 146 valence electrons. The van der Waals surface area contributed by atoms with Crippen molar-refractivity contribution in [3.63, 3.8) is 0 Å². The lowest BCUT2D eigenvalue weighted by Gasteiger charge is -2.23. The quantitative estimate of drug-likeness (QED) is 0.632. The lowest BCUT2D eigenvalue weighted by molar-refractivity contribution is -0.862. The Labute approximate surface area is 162 Å². The summed E-state index contributed by atoms with van der Waals surface area (Å²) in [4.78, 5) is 28.4. The highest BCUT2D eigenvalue weighted by molar-refractivity contribution is 7.09. The van der Waals surface area contributed by atoms with Crippen LogP contribution in [-0.4, -0.2) is 57.1 Å². The van der Waals surface area contributed by atoms with Crippen LogP contribution in [0.1, 0.15) is 4.88 Å². The van der Waals surface area contributed by atoms with Crippen LogP contribution < -0.4 is 10.2 Å². The number of hydrogen-bond acceptors (Lipinski definition) is 4. The molecular formula is C19H25FN3O3S+. The van der Waals surface area contributed by atoms with E-state index >= 15 is 0 Å². The first-order chi connectivity index (χ1) is 13.0. The SMILES string of the molecule is COCCN(Cc1cccs1)C(=O)C[NH+](C)CC(=O)Nc1ccc(F)cc1. The van der Waals surface area contributed by atoms with Crippen LogP contribution >= 0.6 is 11.3 Å². The summed E-state index contributed by atoms with van der Waals surface area (Å²) in [6.45, 7) is 1.84. The van der Waals surface area contributed by atoms with Gasteiger partial charge in [-0.05, 0) is 35.7 Å². The monoisotopic (exact) mass is 394 g/mol. The number of hydrogen-bond donors (Lipinski definition) is 2. The van der Waals surface area contributed by atoms with Crippen LogP contribution in [0.25, 0.3) is 0 Å². The lowest BCUT2D eigenvalue weighted by atomic mass is 10.3. The van der Waals surface area contributed by atoms with Crippen molar-refractivity contribution in [2.45, 2.75) is 6.54 Å². The largest absolute Gasteiger partial charge is 0.383 e. The fourth-order valence-electron chi connectivity index (χ4n) is 2.53. The minimum Gasteiger partial charge on any atom is -0.383 e. The summed E-state index contributed by atoms with van der Waals surface area (Å²) in [7, 11) is 3.40. The molecule has 0 saturated carbocycles. The van der Waals surface area contributed by atoms with Gasteiger partial charge in [-0.2, -0.15) is 0 Å². The third-order valence-corrected chi connectivity index (χ3v) is 4.75. The number of benzene rings is 1. The second kappa shape index (κ2) is 10.8. The molecule has 2 N–H and O–H groups in total. The van der Waals surface area contributed by atoms with Gasteiger partial charge in [-0.15, -0.1) is 11.3 Å². The van der Waals surface area contributed by atoms with E-state index in [4.69, 9.17) is 4.74 Å². The van der Waals surface area contributed by atoms with Gasteiger partial charge in [-0.3, -0.25) is 9.59 Å². The second-order valence-corrected chi connectivity index (χ2v) is 7.29. The predicted molar refractivity (Wildman–Crippen MR) is 103 cm³/mol. The molecular weight excluding hydrogens is 369 g/mol. The Bertz CT molecular complexity index is 722. The molecule has 1 aromatic carbocycles. The molecule has 6 nitrogen and oxygen atoms in total. The first kappa shape index (κ1) is 21.0. The third kappa shape index (κ3) is 7.46. The number of thiophene rings is 1. The van der Waals surface area contributed by atoms with Gasteiger partial charge < -0.3 is 19.9 Å². The Hall–Kier alpha value is -2.29. The Morgan fingerprint density at radius 1 is 1.22 bits per heavy atom. The minimum absolute atomic E-state index is 0.0347. The van der Waals surface area contributed by atoms with Gasteiger partial charge in [0.05, 0.1) is 20.2 Å². The number of carbonyl (C=O) groups is 2. The number of halogens is 1. The highest BCUT2D eigenvalue weighted by Crippen LogP contribution is 2.11. The van der Waals surface area contributed by atoms with E-state index in [1.54, 1.807) is 30.4 Å². The Kier molecular flexibility index (Phi) is 8.38. The van der Waals surface area contributed by atoms with Crippen LogP contribution in [0.3, 0.4) is 0 Å². The van der Waals surface area contributed by atoms with Crippen molar-refractivity contribution in [3.8, 4) is 0 Å². The highest BCUT2D eigenvalue weighted by atomic mass is 32.1. The molecule has 1 unspecified atom stereocenters. The van der Waals surface area contributed by atoms with Crippen LogP contribution in [0.4, 0.5) is 10.1 Å². The summed E-state index contributed by atoms with van der Waals surface area (Å²) in [6, 6.07) is 9.52. The molecule has 0 aliphatic carbocycles. The molecule has 1 atom stereocenters. The number of methoxy groups -OCH3 is 1. The zero-order chi connectivity index (χ0) is 19.6.